The molecule has 0 radical (unpaired) electrons. The molecule has 2 aromatic carbocycles. The molecule has 0 fully saturated rings. The number of carbonyl (C=O) groups excluding carboxylic acids is 1. The van der Waals surface area contributed by atoms with Crippen molar-refractivity contribution < 1.29 is 4.79 Å². The third-order valence-corrected chi connectivity index (χ3v) is 3.98. The number of benzene rings is 2. The van der Waals surface area contributed by atoms with Crippen molar-refractivity contribution in [2.75, 3.05) is 11.9 Å². The monoisotopic (exact) mass is 316 g/mol. The van der Waals surface area contributed by atoms with Gasteiger partial charge < -0.3 is 10.6 Å². The summed E-state index contributed by atoms with van der Waals surface area (Å²) in [5.74, 6) is -0.0348. The minimum atomic E-state index is -0.0348. The van der Waals surface area contributed by atoms with Gasteiger partial charge in [0.25, 0.3) is 0 Å². The number of hydrogen-bond donors (Lipinski definition) is 2. The number of amides is 1. The van der Waals surface area contributed by atoms with Crippen molar-refractivity contribution in [1.82, 2.24) is 5.32 Å². The molecule has 22 heavy (non-hydrogen) atoms. The van der Waals surface area contributed by atoms with Crippen LogP contribution in [0.1, 0.15) is 30.5 Å². The molecule has 2 rings (SSSR count). The van der Waals surface area contributed by atoms with Crippen LogP contribution in [0, 0.1) is 6.92 Å². The van der Waals surface area contributed by atoms with E-state index in [0.29, 0.717) is 5.02 Å². The molecular weight excluding hydrogens is 296 g/mol. The largest absolute Gasteiger partial charge is 0.376 e. The molecule has 0 bridgehead atoms. The molecular formula is C18H21ClN2O. The van der Waals surface area contributed by atoms with E-state index >= 15 is 0 Å². The van der Waals surface area contributed by atoms with Crippen LogP contribution in [0.15, 0.2) is 48.5 Å². The molecule has 1 unspecified atom stereocenters. The van der Waals surface area contributed by atoms with Crippen molar-refractivity contribution in [2.45, 2.75) is 26.3 Å². The summed E-state index contributed by atoms with van der Waals surface area (Å²) in [4.78, 5) is 12.1. The first-order chi connectivity index (χ1) is 10.6. The second kappa shape index (κ2) is 7.85. The fourth-order valence-electron chi connectivity index (χ4n) is 2.24. The molecule has 4 heteroatoms. The minimum Gasteiger partial charge on any atom is -0.376 e. The Labute approximate surface area is 136 Å². The van der Waals surface area contributed by atoms with Gasteiger partial charge in [0, 0.05) is 10.7 Å². The molecule has 3 nitrogen and oxygen atoms in total. The number of aryl methyl sites for hydroxylation is 1. The average Bonchev–Trinajstić information content (AvgIpc) is 2.54. The molecule has 0 aromatic heterocycles. The van der Waals surface area contributed by atoms with E-state index in [1.165, 1.54) is 0 Å². The summed E-state index contributed by atoms with van der Waals surface area (Å²) in [6.45, 7) is 4.23. The van der Waals surface area contributed by atoms with Crippen molar-refractivity contribution in [2.24, 2.45) is 0 Å². The van der Waals surface area contributed by atoms with Crippen LogP contribution in [0.25, 0.3) is 0 Å². The number of hydrogen-bond acceptors (Lipinski definition) is 2. The number of rotatable bonds is 6. The Morgan fingerprint density at radius 3 is 2.55 bits per heavy atom. The SMILES string of the molecule is CCC(NC(=O)CNc1ccc(C)c(Cl)c1)c1ccccc1. The zero-order valence-corrected chi connectivity index (χ0v) is 13.7. The van der Waals surface area contributed by atoms with Crippen molar-refractivity contribution in [3.05, 3.63) is 64.7 Å². The molecule has 0 spiro atoms. The first kappa shape index (κ1) is 16.4. The van der Waals surface area contributed by atoms with Crippen molar-refractivity contribution >= 4 is 23.2 Å². The van der Waals surface area contributed by atoms with Crippen molar-refractivity contribution in [1.29, 1.82) is 0 Å². The van der Waals surface area contributed by atoms with Gasteiger partial charge in [0.05, 0.1) is 12.6 Å². The van der Waals surface area contributed by atoms with Gasteiger partial charge in [-0.05, 0) is 36.6 Å². The minimum absolute atomic E-state index is 0.0348. The Morgan fingerprint density at radius 2 is 1.91 bits per heavy atom. The van der Waals surface area contributed by atoms with Gasteiger partial charge in [-0.15, -0.1) is 0 Å². The van der Waals surface area contributed by atoms with Gasteiger partial charge in [0.1, 0.15) is 0 Å². The summed E-state index contributed by atoms with van der Waals surface area (Å²) < 4.78 is 0. The fourth-order valence-corrected chi connectivity index (χ4v) is 2.42. The fraction of sp³-hybridized carbons (Fsp3) is 0.278. The summed E-state index contributed by atoms with van der Waals surface area (Å²) in [6.07, 6.45) is 0.853. The number of carbonyl (C=O) groups is 1. The molecule has 116 valence electrons. The lowest BCUT2D eigenvalue weighted by Gasteiger charge is -2.18. The molecule has 0 aliphatic carbocycles. The van der Waals surface area contributed by atoms with Crippen molar-refractivity contribution in [3.8, 4) is 0 Å². The normalized spacial score (nSPS) is 11.8. The van der Waals surface area contributed by atoms with Crippen LogP contribution in [-0.2, 0) is 4.79 Å². The van der Waals surface area contributed by atoms with Crippen LogP contribution in [0.5, 0.6) is 0 Å². The first-order valence-corrected chi connectivity index (χ1v) is 7.82. The molecule has 0 aliphatic heterocycles. The maximum absolute atomic E-state index is 12.1. The Morgan fingerprint density at radius 1 is 1.18 bits per heavy atom. The quantitative estimate of drug-likeness (QED) is 0.833. The Balaban J connectivity index is 1.90. The summed E-state index contributed by atoms with van der Waals surface area (Å²) in [5, 5.41) is 6.84. The topological polar surface area (TPSA) is 41.1 Å². The lowest BCUT2D eigenvalue weighted by Crippen LogP contribution is -2.33. The van der Waals surface area contributed by atoms with Crippen LogP contribution in [0.2, 0.25) is 5.02 Å². The second-order valence-corrected chi connectivity index (χ2v) is 5.66. The summed E-state index contributed by atoms with van der Waals surface area (Å²) >= 11 is 6.08. The molecule has 1 amide bonds. The smallest absolute Gasteiger partial charge is 0.239 e. The van der Waals surface area contributed by atoms with Crippen LogP contribution in [0.4, 0.5) is 5.69 Å². The second-order valence-electron chi connectivity index (χ2n) is 5.26. The van der Waals surface area contributed by atoms with E-state index in [1.807, 2.05) is 55.5 Å². The van der Waals surface area contributed by atoms with Gasteiger partial charge in [-0.2, -0.15) is 0 Å². The van der Waals surface area contributed by atoms with Crippen LogP contribution in [0.3, 0.4) is 0 Å². The van der Waals surface area contributed by atoms with Crippen LogP contribution in [-0.4, -0.2) is 12.5 Å². The standard InChI is InChI=1S/C18H21ClN2O/c1-3-17(14-7-5-4-6-8-14)21-18(22)12-20-15-10-9-13(2)16(19)11-15/h4-11,17,20H,3,12H2,1-2H3,(H,21,22). The Bertz CT molecular complexity index is 628. The van der Waals surface area contributed by atoms with E-state index in [-0.39, 0.29) is 18.5 Å². The Kier molecular flexibility index (Phi) is 5.84. The van der Waals surface area contributed by atoms with Gasteiger partial charge >= 0.3 is 0 Å². The molecule has 2 aromatic rings. The van der Waals surface area contributed by atoms with Crippen LogP contribution >= 0.6 is 11.6 Å². The van der Waals surface area contributed by atoms with E-state index in [2.05, 4.69) is 17.6 Å². The third kappa shape index (κ3) is 4.50. The van der Waals surface area contributed by atoms with E-state index in [9.17, 15) is 4.79 Å². The predicted molar refractivity (Wildman–Crippen MR) is 92.3 cm³/mol. The van der Waals surface area contributed by atoms with E-state index in [4.69, 9.17) is 11.6 Å². The summed E-state index contributed by atoms with van der Waals surface area (Å²) in [5.41, 5.74) is 2.99. The zero-order valence-electron chi connectivity index (χ0n) is 12.9. The summed E-state index contributed by atoms with van der Waals surface area (Å²) in [7, 11) is 0. The molecule has 0 heterocycles. The third-order valence-electron chi connectivity index (χ3n) is 3.57. The first-order valence-electron chi connectivity index (χ1n) is 7.44. The van der Waals surface area contributed by atoms with Gasteiger partial charge in [0.2, 0.25) is 5.91 Å². The van der Waals surface area contributed by atoms with Crippen molar-refractivity contribution in [3.63, 3.8) is 0 Å². The van der Waals surface area contributed by atoms with E-state index in [0.717, 1.165) is 23.2 Å². The van der Waals surface area contributed by atoms with E-state index in [1.54, 1.807) is 0 Å². The maximum atomic E-state index is 12.1. The van der Waals surface area contributed by atoms with Gasteiger partial charge in [0.15, 0.2) is 0 Å². The number of nitrogens with one attached hydrogen (secondary N) is 2. The van der Waals surface area contributed by atoms with Crippen LogP contribution < -0.4 is 10.6 Å². The predicted octanol–water partition coefficient (Wildman–Crippen LogP) is 4.33. The number of halogens is 1. The van der Waals surface area contributed by atoms with Gasteiger partial charge in [-0.1, -0.05) is 54.9 Å². The Hall–Kier alpha value is -2.00. The lowest BCUT2D eigenvalue weighted by molar-refractivity contribution is -0.120. The summed E-state index contributed by atoms with van der Waals surface area (Å²) in [6, 6.07) is 15.7. The molecule has 0 aliphatic rings. The lowest BCUT2D eigenvalue weighted by atomic mass is 10.0. The highest BCUT2D eigenvalue weighted by Gasteiger charge is 2.12. The zero-order chi connectivity index (χ0) is 15.9. The average molecular weight is 317 g/mol. The van der Waals surface area contributed by atoms with E-state index < -0.39 is 0 Å². The maximum Gasteiger partial charge on any atom is 0.239 e. The highest BCUT2D eigenvalue weighted by atomic mass is 35.5. The molecule has 2 N–H and O–H groups in total. The molecule has 1 atom stereocenters. The number of anilines is 1. The highest BCUT2D eigenvalue weighted by Crippen LogP contribution is 2.20. The molecule has 0 saturated heterocycles. The molecule has 0 saturated carbocycles. The van der Waals surface area contributed by atoms with Gasteiger partial charge in [-0.25, -0.2) is 0 Å². The van der Waals surface area contributed by atoms with Gasteiger partial charge in [-0.3, -0.25) is 4.79 Å². The highest BCUT2D eigenvalue weighted by molar-refractivity contribution is 6.31.